The first kappa shape index (κ1) is 10.7. The Balaban J connectivity index is 2.37. The van der Waals surface area contributed by atoms with Crippen molar-refractivity contribution in [2.75, 3.05) is 0 Å². The van der Waals surface area contributed by atoms with Crippen LogP contribution in [0.3, 0.4) is 0 Å². The van der Waals surface area contributed by atoms with Gasteiger partial charge in [-0.2, -0.15) is 0 Å². The lowest BCUT2D eigenvalue weighted by molar-refractivity contribution is 0.147. The van der Waals surface area contributed by atoms with Gasteiger partial charge in [-0.15, -0.1) is 0 Å². The van der Waals surface area contributed by atoms with Crippen molar-refractivity contribution in [3.8, 4) is 0 Å². The molecule has 0 saturated heterocycles. The van der Waals surface area contributed by atoms with Crippen LogP contribution in [0.15, 0.2) is 23.8 Å². The summed E-state index contributed by atoms with van der Waals surface area (Å²) < 4.78 is 40.4. The highest BCUT2D eigenvalue weighted by atomic mass is 32.1. The van der Waals surface area contributed by atoms with Crippen LogP contribution in [0, 0.1) is 5.41 Å². The third-order valence-corrected chi connectivity index (χ3v) is 3.50. The van der Waals surface area contributed by atoms with Crippen LogP contribution < -0.4 is 5.73 Å². The largest absolute Gasteiger partial charge is 0.393 e. The predicted molar refractivity (Wildman–Crippen MR) is 55.3 cm³/mol. The molecule has 0 aromatic heterocycles. The van der Waals surface area contributed by atoms with E-state index in [1.807, 2.05) is 0 Å². The van der Waals surface area contributed by atoms with Crippen molar-refractivity contribution in [3.63, 3.8) is 0 Å². The van der Waals surface area contributed by atoms with Gasteiger partial charge in [0.1, 0.15) is 17.3 Å². The van der Waals surface area contributed by atoms with Crippen molar-refractivity contribution >= 4 is 17.2 Å². The Labute approximate surface area is 90.8 Å². The minimum absolute atomic E-state index is 0.00347. The van der Waals surface area contributed by atoms with E-state index in [-0.39, 0.29) is 4.99 Å². The smallest absolute Gasteiger partial charge is 0.150 e. The third kappa shape index (κ3) is 1.49. The molecular weight excluding hydrogens is 223 g/mol. The summed E-state index contributed by atoms with van der Waals surface area (Å²) in [5.74, 6) is -1.70. The van der Waals surface area contributed by atoms with E-state index in [1.54, 1.807) is 0 Å². The number of alkyl halides is 1. The lowest BCUT2D eigenvalue weighted by Crippen LogP contribution is -2.42. The van der Waals surface area contributed by atoms with Gasteiger partial charge in [-0.25, -0.2) is 13.2 Å². The molecule has 0 amide bonds. The van der Waals surface area contributed by atoms with Crippen molar-refractivity contribution < 1.29 is 13.2 Å². The monoisotopic (exact) mass is 233 g/mol. The molecule has 5 heteroatoms. The SMILES string of the molecule is NC(=S)C1(C2(F)C=C(F)C=C(F)C2)CC1. The molecule has 0 aromatic carbocycles. The Hall–Kier alpha value is -0.840. The molecule has 1 fully saturated rings. The van der Waals surface area contributed by atoms with Crippen LogP contribution in [0.1, 0.15) is 19.3 Å². The number of rotatable bonds is 2. The Morgan fingerprint density at radius 3 is 2.40 bits per heavy atom. The average Bonchev–Trinajstić information content (AvgIpc) is 2.79. The first-order valence-corrected chi connectivity index (χ1v) is 5.04. The summed E-state index contributed by atoms with van der Waals surface area (Å²) in [6.07, 6.45) is 1.92. The Kier molecular flexibility index (Phi) is 2.19. The Morgan fingerprint density at radius 2 is 2.00 bits per heavy atom. The topological polar surface area (TPSA) is 26.0 Å². The van der Waals surface area contributed by atoms with Gasteiger partial charge in [-0.3, -0.25) is 0 Å². The van der Waals surface area contributed by atoms with Gasteiger partial charge < -0.3 is 5.73 Å². The van der Waals surface area contributed by atoms with Crippen LogP contribution in [0.4, 0.5) is 13.2 Å². The second-order valence-electron chi connectivity index (χ2n) is 4.11. The maximum absolute atomic E-state index is 14.4. The van der Waals surface area contributed by atoms with Crippen LogP contribution in [-0.4, -0.2) is 10.7 Å². The summed E-state index contributed by atoms with van der Waals surface area (Å²) in [5, 5.41) is 0. The first-order chi connectivity index (χ1) is 6.90. The fourth-order valence-electron chi connectivity index (χ4n) is 2.06. The predicted octanol–water partition coefficient (Wildman–Crippen LogP) is 2.87. The highest BCUT2D eigenvalue weighted by Gasteiger charge is 2.62. The van der Waals surface area contributed by atoms with E-state index in [1.165, 1.54) is 0 Å². The molecule has 0 bridgehead atoms. The van der Waals surface area contributed by atoms with E-state index in [4.69, 9.17) is 18.0 Å². The van der Waals surface area contributed by atoms with Crippen molar-refractivity contribution in [1.29, 1.82) is 0 Å². The lowest BCUT2D eigenvalue weighted by Gasteiger charge is -2.32. The molecule has 15 heavy (non-hydrogen) atoms. The normalized spacial score (nSPS) is 33.0. The molecule has 0 radical (unpaired) electrons. The summed E-state index contributed by atoms with van der Waals surface area (Å²) in [4.78, 5) is 0.00347. The Morgan fingerprint density at radius 1 is 1.40 bits per heavy atom. The summed E-state index contributed by atoms with van der Waals surface area (Å²) in [6, 6.07) is 0. The fraction of sp³-hybridized carbons (Fsp3) is 0.500. The molecule has 1 atom stereocenters. The molecule has 0 aliphatic heterocycles. The van der Waals surface area contributed by atoms with Gasteiger partial charge in [-0.05, 0) is 18.9 Å². The van der Waals surface area contributed by atoms with Crippen molar-refractivity contribution in [2.45, 2.75) is 24.9 Å². The summed E-state index contributed by atoms with van der Waals surface area (Å²) in [6.45, 7) is 0. The zero-order chi connectivity index (χ0) is 11.3. The third-order valence-electron chi connectivity index (χ3n) is 3.10. The van der Waals surface area contributed by atoms with Crippen LogP contribution in [-0.2, 0) is 0 Å². The summed E-state index contributed by atoms with van der Waals surface area (Å²) >= 11 is 4.77. The molecule has 2 aliphatic carbocycles. The number of allylic oxidation sites excluding steroid dienone is 4. The highest BCUT2D eigenvalue weighted by molar-refractivity contribution is 7.80. The molecule has 82 valence electrons. The number of hydrogen-bond donors (Lipinski definition) is 1. The van der Waals surface area contributed by atoms with E-state index in [0.717, 1.165) is 6.08 Å². The van der Waals surface area contributed by atoms with Gasteiger partial charge >= 0.3 is 0 Å². The van der Waals surface area contributed by atoms with E-state index in [0.29, 0.717) is 18.9 Å². The number of halogens is 3. The fourth-order valence-corrected chi connectivity index (χ4v) is 2.43. The van der Waals surface area contributed by atoms with E-state index in [2.05, 4.69) is 0 Å². The molecule has 2 rings (SSSR count). The number of nitrogens with two attached hydrogens (primary N) is 1. The number of hydrogen-bond acceptors (Lipinski definition) is 1. The van der Waals surface area contributed by atoms with E-state index >= 15 is 0 Å². The zero-order valence-electron chi connectivity index (χ0n) is 7.90. The maximum Gasteiger partial charge on any atom is 0.150 e. The molecular formula is C10H10F3NS. The van der Waals surface area contributed by atoms with Crippen molar-refractivity contribution in [1.82, 2.24) is 0 Å². The van der Waals surface area contributed by atoms with E-state index in [9.17, 15) is 13.2 Å². The molecule has 0 spiro atoms. The molecule has 0 heterocycles. The van der Waals surface area contributed by atoms with Crippen LogP contribution in [0.2, 0.25) is 0 Å². The van der Waals surface area contributed by atoms with Crippen LogP contribution >= 0.6 is 12.2 Å². The molecule has 1 saturated carbocycles. The second-order valence-corrected chi connectivity index (χ2v) is 4.55. The molecule has 2 aliphatic rings. The molecule has 1 nitrogen and oxygen atoms in total. The average molecular weight is 233 g/mol. The quantitative estimate of drug-likeness (QED) is 0.742. The Bertz CT molecular complexity index is 384. The van der Waals surface area contributed by atoms with Gasteiger partial charge in [0.05, 0.1) is 10.4 Å². The summed E-state index contributed by atoms with van der Waals surface area (Å²) in [5.41, 5.74) is 2.31. The zero-order valence-corrected chi connectivity index (χ0v) is 8.71. The molecule has 1 unspecified atom stereocenters. The highest BCUT2D eigenvalue weighted by Crippen LogP contribution is 2.60. The van der Waals surface area contributed by atoms with Gasteiger partial charge in [-0.1, -0.05) is 12.2 Å². The van der Waals surface area contributed by atoms with Crippen LogP contribution in [0.25, 0.3) is 0 Å². The number of thiocarbonyl (C=S) groups is 1. The minimum atomic E-state index is -2.10. The standard InChI is InChI=1S/C10H10F3NS/c11-6-3-7(12)5-10(13,4-6)9(1-2-9)8(14)15/h3-4H,1-2,5H2,(H2,14,15). The summed E-state index contributed by atoms with van der Waals surface area (Å²) in [7, 11) is 0. The second kappa shape index (κ2) is 3.07. The van der Waals surface area contributed by atoms with Crippen LogP contribution in [0.5, 0.6) is 0 Å². The van der Waals surface area contributed by atoms with Crippen molar-refractivity contribution in [3.05, 3.63) is 23.8 Å². The van der Waals surface area contributed by atoms with Gasteiger partial charge in [0.2, 0.25) is 0 Å². The van der Waals surface area contributed by atoms with Gasteiger partial charge in [0, 0.05) is 12.5 Å². The van der Waals surface area contributed by atoms with E-state index < -0.39 is 29.2 Å². The van der Waals surface area contributed by atoms with Crippen molar-refractivity contribution in [2.24, 2.45) is 11.1 Å². The minimum Gasteiger partial charge on any atom is -0.393 e. The molecule has 0 aromatic rings. The molecule has 2 N–H and O–H groups in total. The maximum atomic E-state index is 14.4. The van der Waals surface area contributed by atoms with Gasteiger partial charge in [0.15, 0.2) is 0 Å². The lowest BCUT2D eigenvalue weighted by atomic mass is 9.80. The first-order valence-electron chi connectivity index (χ1n) is 4.63. The van der Waals surface area contributed by atoms with Gasteiger partial charge in [0.25, 0.3) is 0 Å².